The zero-order valence-corrected chi connectivity index (χ0v) is 19.1. The fraction of sp³-hybridized carbons (Fsp3) is 0.192. The molecular weight excluding hydrogens is 432 g/mol. The quantitative estimate of drug-likeness (QED) is 0.233. The number of phenols is 1. The van der Waals surface area contributed by atoms with Crippen LogP contribution < -0.4 is 16.4 Å². The SMILES string of the molecule is C=C1C=CC(c2ccc(C(=O)NC(C)[C@H](Cc3cc(C(=N)N)ccc3O)C(=O)OC)cc2)=CN1. The predicted molar refractivity (Wildman–Crippen MR) is 131 cm³/mol. The molecule has 6 N–H and O–H groups in total. The third kappa shape index (κ3) is 5.72. The van der Waals surface area contributed by atoms with E-state index >= 15 is 0 Å². The highest BCUT2D eigenvalue weighted by Crippen LogP contribution is 2.24. The molecule has 0 aliphatic carbocycles. The Bertz CT molecular complexity index is 1180. The van der Waals surface area contributed by atoms with Crippen LogP contribution in [0.5, 0.6) is 5.75 Å². The van der Waals surface area contributed by atoms with E-state index in [0.717, 1.165) is 16.8 Å². The van der Waals surface area contributed by atoms with Crippen molar-refractivity contribution >= 4 is 23.3 Å². The molecule has 176 valence electrons. The Morgan fingerprint density at radius 1 is 1.18 bits per heavy atom. The predicted octanol–water partition coefficient (Wildman–Crippen LogP) is 2.84. The molecule has 1 unspecified atom stereocenters. The first kappa shape index (κ1) is 24.3. The van der Waals surface area contributed by atoms with Gasteiger partial charge in [0.15, 0.2) is 0 Å². The Hall–Kier alpha value is -4.33. The molecule has 2 aromatic rings. The van der Waals surface area contributed by atoms with E-state index < -0.39 is 17.9 Å². The summed E-state index contributed by atoms with van der Waals surface area (Å²) < 4.78 is 4.94. The van der Waals surface area contributed by atoms with Crippen LogP contribution in [0, 0.1) is 11.3 Å². The van der Waals surface area contributed by atoms with E-state index in [4.69, 9.17) is 15.9 Å². The Labute approximate surface area is 198 Å². The van der Waals surface area contributed by atoms with Gasteiger partial charge < -0.3 is 26.2 Å². The smallest absolute Gasteiger partial charge is 0.311 e. The number of nitrogen functional groups attached to an aromatic ring is 1. The molecule has 1 heterocycles. The minimum Gasteiger partial charge on any atom is -0.508 e. The van der Waals surface area contributed by atoms with Crippen LogP contribution in [0.4, 0.5) is 0 Å². The summed E-state index contributed by atoms with van der Waals surface area (Å²) in [6.07, 6.45) is 5.75. The second-order valence-corrected chi connectivity index (χ2v) is 8.03. The average Bonchev–Trinajstić information content (AvgIpc) is 2.83. The second-order valence-electron chi connectivity index (χ2n) is 8.03. The van der Waals surface area contributed by atoms with E-state index in [1.165, 1.54) is 19.2 Å². The van der Waals surface area contributed by atoms with Gasteiger partial charge >= 0.3 is 5.97 Å². The fourth-order valence-electron chi connectivity index (χ4n) is 3.61. The number of amidine groups is 1. The lowest BCUT2D eigenvalue weighted by atomic mass is 9.91. The number of benzene rings is 2. The summed E-state index contributed by atoms with van der Waals surface area (Å²) in [4.78, 5) is 25.4. The van der Waals surface area contributed by atoms with E-state index in [2.05, 4.69) is 17.2 Å². The van der Waals surface area contributed by atoms with E-state index in [9.17, 15) is 14.7 Å². The van der Waals surface area contributed by atoms with Crippen molar-refractivity contribution < 1.29 is 19.4 Å². The van der Waals surface area contributed by atoms with E-state index in [1.54, 1.807) is 25.1 Å². The molecule has 2 atom stereocenters. The number of carbonyl (C=O) groups is 2. The monoisotopic (exact) mass is 460 g/mol. The van der Waals surface area contributed by atoms with Gasteiger partial charge in [0.05, 0.1) is 13.0 Å². The first-order chi connectivity index (χ1) is 16.2. The van der Waals surface area contributed by atoms with Crippen LogP contribution in [0.2, 0.25) is 0 Å². The number of nitrogens with one attached hydrogen (secondary N) is 3. The maximum atomic E-state index is 12.9. The number of ether oxygens (including phenoxy) is 1. The Morgan fingerprint density at radius 3 is 2.44 bits per heavy atom. The minimum atomic E-state index is -0.766. The molecule has 34 heavy (non-hydrogen) atoms. The number of dihydropyridines is 1. The number of allylic oxidation sites excluding steroid dienone is 3. The molecule has 0 saturated carbocycles. The van der Waals surface area contributed by atoms with Gasteiger partial charge in [0, 0.05) is 29.1 Å². The van der Waals surface area contributed by atoms with E-state index in [-0.39, 0.29) is 23.9 Å². The first-order valence-corrected chi connectivity index (χ1v) is 10.7. The minimum absolute atomic E-state index is 0.0304. The maximum Gasteiger partial charge on any atom is 0.311 e. The van der Waals surface area contributed by atoms with E-state index in [0.29, 0.717) is 16.7 Å². The lowest BCUT2D eigenvalue weighted by molar-refractivity contribution is -0.146. The van der Waals surface area contributed by atoms with Crippen LogP contribution in [0.3, 0.4) is 0 Å². The van der Waals surface area contributed by atoms with Gasteiger partial charge in [0.2, 0.25) is 0 Å². The third-order valence-corrected chi connectivity index (χ3v) is 5.65. The highest BCUT2D eigenvalue weighted by atomic mass is 16.5. The highest BCUT2D eigenvalue weighted by Gasteiger charge is 2.29. The number of nitrogens with two attached hydrogens (primary N) is 1. The molecule has 3 rings (SSSR count). The normalized spacial score (nSPS) is 14.4. The lowest BCUT2D eigenvalue weighted by Crippen LogP contribution is -2.42. The van der Waals surface area contributed by atoms with Gasteiger partial charge in [-0.15, -0.1) is 0 Å². The fourth-order valence-corrected chi connectivity index (χ4v) is 3.61. The van der Waals surface area contributed by atoms with Crippen molar-refractivity contribution in [2.75, 3.05) is 7.11 Å². The average molecular weight is 461 g/mol. The topological polar surface area (TPSA) is 138 Å². The molecule has 8 heteroatoms. The Balaban J connectivity index is 1.74. The summed E-state index contributed by atoms with van der Waals surface area (Å²) in [5.41, 5.74) is 9.55. The summed E-state index contributed by atoms with van der Waals surface area (Å²) in [7, 11) is 1.27. The zero-order chi connectivity index (χ0) is 24.8. The number of methoxy groups -OCH3 is 1. The molecular formula is C26H28N4O4. The van der Waals surface area contributed by atoms with Crippen LogP contribution >= 0.6 is 0 Å². The molecule has 1 amide bonds. The van der Waals surface area contributed by atoms with Crippen LogP contribution in [-0.2, 0) is 16.0 Å². The van der Waals surface area contributed by atoms with Gasteiger partial charge in [-0.2, -0.15) is 0 Å². The van der Waals surface area contributed by atoms with Crippen molar-refractivity contribution in [3.05, 3.63) is 95.3 Å². The summed E-state index contributed by atoms with van der Waals surface area (Å²) >= 11 is 0. The molecule has 1 aliphatic rings. The first-order valence-electron chi connectivity index (χ1n) is 10.7. The number of rotatable bonds is 8. The maximum absolute atomic E-state index is 12.9. The van der Waals surface area contributed by atoms with Gasteiger partial charge in [-0.1, -0.05) is 24.8 Å². The molecule has 0 saturated heterocycles. The van der Waals surface area contributed by atoms with Crippen molar-refractivity contribution in [1.29, 1.82) is 5.41 Å². The molecule has 0 aromatic heterocycles. The summed E-state index contributed by atoms with van der Waals surface area (Å²) in [5, 5.41) is 23.7. The zero-order valence-electron chi connectivity index (χ0n) is 19.1. The summed E-state index contributed by atoms with van der Waals surface area (Å²) in [5.74, 6) is -1.81. The molecule has 0 radical (unpaired) electrons. The Morgan fingerprint density at radius 2 is 1.85 bits per heavy atom. The van der Waals surface area contributed by atoms with Crippen LogP contribution in [0.15, 0.2) is 73.1 Å². The molecule has 0 fully saturated rings. The number of carbonyl (C=O) groups excluding carboxylic acids is 2. The van der Waals surface area contributed by atoms with Gasteiger partial charge in [-0.05, 0) is 66.5 Å². The number of phenolic OH excluding ortho intramolecular Hbond substituents is 1. The number of amides is 1. The van der Waals surface area contributed by atoms with Crippen LogP contribution in [0.25, 0.3) is 5.57 Å². The van der Waals surface area contributed by atoms with Gasteiger partial charge in [-0.25, -0.2) is 0 Å². The standard InChI is InChI=1S/C26H28N4O4/c1-15-4-5-20(14-29-15)17-6-8-18(9-7-17)25(32)30-16(2)22(26(33)34-3)13-21-12-19(24(27)28)10-11-23(21)31/h4-12,14,16,22,29,31H,1,13H2,2-3H3,(H3,27,28)(H,30,32)/t16?,22-/m0/s1. The van der Waals surface area contributed by atoms with Gasteiger partial charge in [0.25, 0.3) is 5.91 Å². The molecule has 1 aliphatic heterocycles. The summed E-state index contributed by atoms with van der Waals surface area (Å²) in [6, 6.07) is 11.0. The molecule has 8 nitrogen and oxygen atoms in total. The number of aromatic hydroxyl groups is 1. The Kier molecular flexibility index (Phi) is 7.53. The molecule has 0 spiro atoms. The van der Waals surface area contributed by atoms with Gasteiger partial charge in [0.1, 0.15) is 11.6 Å². The van der Waals surface area contributed by atoms with Crippen LogP contribution in [-0.4, -0.2) is 36.0 Å². The van der Waals surface area contributed by atoms with Crippen molar-refractivity contribution in [2.45, 2.75) is 19.4 Å². The number of hydrogen-bond donors (Lipinski definition) is 5. The third-order valence-electron chi connectivity index (χ3n) is 5.65. The van der Waals surface area contributed by atoms with Gasteiger partial charge in [-0.3, -0.25) is 15.0 Å². The lowest BCUT2D eigenvalue weighted by Gasteiger charge is -2.23. The largest absolute Gasteiger partial charge is 0.508 e. The molecule has 0 bridgehead atoms. The second kappa shape index (κ2) is 10.5. The van der Waals surface area contributed by atoms with Crippen LogP contribution in [0.1, 0.15) is 34.0 Å². The molecule has 2 aromatic carbocycles. The summed E-state index contributed by atoms with van der Waals surface area (Å²) in [6.45, 7) is 5.53. The van der Waals surface area contributed by atoms with E-state index in [1.807, 2.05) is 30.5 Å². The number of esters is 1. The number of hydrogen-bond acceptors (Lipinski definition) is 6. The van der Waals surface area contributed by atoms with Crippen molar-refractivity contribution in [3.63, 3.8) is 0 Å². The van der Waals surface area contributed by atoms with Crippen molar-refractivity contribution in [1.82, 2.24) is 10.6 Å². The van der Waals surface area contributed by atoms with Crippen molar-refractivity contribution in [3.8, 4) is 5.75 Å². The van der Waals surface area contributed by atoms with Crippen molar-refractivity contribution in [2.24, 2.45) is 11.7 Å². The highest BCUT2D eigenvalue weighted by molar-refractivity contribution is 5.96.